The first-order valence-corrected chi connectivity index (χ1v) is 7.04. The molecule has 104 valence electrons. The van der Waals surface area contributed by atoms with E-state index in [0.29, 0.717) is 25.2 Å². The lowest BCUT2D eigenvalue weighted by molar-refractivity contribution is -0.149. The molecule has 0 saturated heterocycles. The van der Waals surface area contributed by atoms with Crippen molar-refractivity contribution in [2.75, 3.05) is 6.54 Å². The van der Waals surface area contributed by atoms with Crippen LogP contribution in [0.15, 0.2) is 0 Å². The molecule has 1 saturated carbocycles. The van der Waals surface area contributed by atoms with Crippen LogP contribution in [0, 0.1) is 11.3 Å². The van der Waals surface area contributed by atoms with Gasteiger partial charge in [-0.3, -0.25) is 9.59 Å². The van der Waals surface area contributed by atoms with Crippen molar-refractivity contribution < 1.29 is 14.7 Å². The molecule has 0 aromatic heterocycles. The maximum atomic E-state index is 11.8. The van der Waals surface area contributed by atoms with Crippen LogP contribution in [0.25, 0.3) is 0 Å². The lowest BCUT2D eigenvalue weighted by Gasteiger charge is -2.27. The number of amides is 1. The van der Waals surface area contributed by atoms with Gasteiger partial charge in [-0.15, -0.1) is 0 Å². The minimum atomic E-state index is -0.811. The molecule has 1 aliphatic carbocycles. The fraction of sp³-hybridized carbons (Fsp3) is 0.857. The summed E-state index contributed by atoms with van der Waals surface area (Å²) in [6.07, 6.45) is 6.37. The van der Waals surface area contributed by atoms with Gasteiger partial charge in [0.15, 0.2) is 0 Å². The first-order chi connectivity index (χ1) is 8.54. The van der Waals surface area contributed by atoms with E-state index in [-0.39, 0.29) is 12.5 Å². The summed E-state index contributed by atoms with van der Waals surface area (Å²) in [7, 11) is 0. The van der Waals surface area contributed by atoms with Crippen LogP contribution in [0.1, 0.15) is 58.8 Å². The van der Waals surface area contributed by atoms with Gasteiger partial charge >= 0.3 is 5.97 Å². The number of nitrogens with one attached hydrogen (secondary N) is 1. The molecule has 1 rings (SSSR count). The van der Waals surface area contributed by atoms with Gasteiger partial charge in [0.2, 0.25) is 5.91 Å². The molecule has 0 unspecified atom stereocenters. The van der Waals surface area contributed by atoms with Gasteiger partial charge < -0.3 is 10.4 Å². The van der Waals surface area contributed by atoms with Crippen molar-refractivity contribution in [1.29, 1.82) is 0 Å². The molecule has 0 atom stereocenters. The van der Waals surface area contributed by atoms with Crippen molar-refractivity contribution in [1.82, 2.24) is 5.32 Å². The maximum Gasteiger partial charge on any atom is 0.311 e. The van der Waals surface area contributed by atoms with Gasteiger partial charge in [0.25, 0.3) is 0 Å². The van der Waals surface area contributed by atoms with Crippen LogP contribution in [0.3, 0.4) is 0 Å². The zero-order valence-electron chi connectivity index (χ0n) is 11.5. The quantitative estimate of drug-likeness (QED) is 0.734. The molecule has 2 N–H and O–H groups in total. The first kappa shape index (κ1) is 15.0. The Morgan fingerprint density at radius 2 is 1.78 bits per heavy atom. The van der Waals surface area contributed by atoms with E-state index < -0.39 is 11.4 Å². The van der Waals surface area contributed by atoms with Crippen molar-refractivity contribution >= 4 is 11.9 Å². The average molecular weight is 255 g/mol. The SMILES string of the molecule is CCC(CC)(CNC(=O)CC1CCCC1)C(=O)O. The van der Waals surface area contributed by atoms with Gasteiger partial charge in [-0.25, -0.2) is 0 Å². The van der Waals surface area contributed by atoms with Crippen LogP contribution in [-0.4, -0.2) is 23.5 Å². The summed E-state index contributed by atoms with van der Waals surface area (Å²) in [4.78, 5) is 23.1. The lowest BCUT2D eigenvalue weighted by atomic mass is 9.82. The van der Waals surface area contributed by atoms with Gasteiger partial charge in [0.05, 0.1) is 5.41 Å². The zero-order chi connectivity index (χ0) is 13.6. The third-order valence-corrected chi connectivity index (χ3v) is 4.38. The number of hydrogen-bond donors (Lipinski definition) is 2. The predicted molar refractivity (Wildman–Crippen MR) is 70.2 cm³/mol. The monoisotopic (exact) mass is 255 g/mol. The highest BCUT2D eigenvalue weighted by Gasteiger charge is 2.35. The Labute approximate surface area is 109 Å². The summed E-state index contributed by atoms with van der Waals surface area (Å²) >= 11 is 0. The van der Waals surface area contributed by atoms with Gasteiger partial charge in [0, 0.05) is 13.0 Å². The second-order valence-corrected chi connectivity index (χ2v) is 5.42. The van der Waals surface area contributed by atoms with Crippen LogP contribution < -0.4 is 5.32 Å². The third kappa shape index (κ3) is 3.72. The third-order valence-electron chi connectivity index (χ3n) is 4.38. The second kappa shape index (κ2) is 6.76. The highest BCUT2D eigenvalue weighted by molar-refractivity contribution is 5.79. The summed E-state index contributed by atoms with van der Waals surface area (Å²) in [5.41, 5.74) is -0.800. The van der Waals surface area contributed by atoms with Gasteiger partial charge in [-0.1, -0.05) is 26.7 Å². The molecule has 0 bridgehead atoms. The number of carboxylic acid groups (broad SMARTS) is 1. The van der Waals surface area contributed by atoms with Gasteiger partial charge in [-0.05, 0) is 31.6 Å². The van der Waals surface area contributed by atoms with Crippen molar-refractivity contribution in [3.63, 3.8) is 0 Å². The normalized spacial score (nSPS) is 16.8. The molecule has 0 aliphatic heterocycles. The predicted octanol–water partition coefficient (Wildman–Crippen LogP) is 2.57. The summed E-state index contributed by atoms with van der Waals surface area (Å²) in [6.45, 7) is 3.97. The van der Waals surface area contributed by atoms with Crippen molar-refractivity contribution in [3.05, 3.63) is 0 Å². The summed E-state index contributed by atoms with van der Waals surface area (Å²) in [6, 6.07) is 0. The molecule has 0 aromatic carbocycles. The van der Waals surface area contributed by atoms with Crippen molar-refractivity contribution in [2.24, 2.45) is 11.3 Å². The van der Waals surface area contributed by atoms with Crippen molar-refractivity contribution in [2.45, 2.75) is 58.8 Å². The minimum Gasteiger partial charge on any atom is -0.481 e. The number of hydrogen-bond acceptors (Lipinski definition) is 2. The van der Waals surface area contributed by atoms with Crippen LogP contribution in [0.4, 0.5) is 0 Å². The zero-order valence-corrected chi connectivity index (χ0v) is 11.5. The van der Waals surface area contributed by atoms with E-state index in [1.54, 1.807) is 0 Å². The molecular formula is C14H25NO3. The van der Waals surface area contributed by atoms with E-state index in [1.165, 1.54) is 12.8 Å². The molecule has 0 radical (unpaired) electrons. The fourth-order valence-electron chi connectivity index (χ4n) is 2.69. The summed E-state index contributed by atoms with van der Waals surface area (Å²) in [5.74, 6) is -0.296. The second-order valence-electron chi connectivity index (χ2n) is 5.42. The molecule has 18 heavy (non-hydrogen) atoms. The van der Waals surface area contributed by atoms with Crippen LogP contribution in [-0.2, 0) is 9.59 Å². The van der Waals surface area contributed by atoms with Crippen molar-refractivity contribution in [3.8, 4) is 0 Å². The number of aliphatic carboxylic acids is 1. The Balaban J connectivity index is 2.41. The number of carbonyl (C=O) groups is 2. The number of rotatable bonds is 7. The fourth-order valence-corrected chi connectivity index (χ4v) is 2.69. The first-order valence-electron chi connectivity index (χ1n) is 7.04. The Morgan fingerprint density at radius 1 is 1.22 bits per heavy atom. The Morgan fingerprint density at radius 3 is 2.22 bits per heavy atom. The van der Waals surface area contributed by atoms with E-state index in [9.17, 15) is 14.7 Å². The Bertz CT molecular complexity index is 291. The van der Waals surface area contributed by atoms with Crippen LogP contribution >= 0.6 is 0 Å². The molecule has 1 aliphatic rings. The highest BCUT2D eigenvalue weighted by Crippen LogP contribution is 2.28. The van der Waals surface area contributed by atoms with E-state index in [2.05, 4.69) is 5.32 Å². The molecule has 0 aromatic rings. The minimum absolute atomic E-state index is 0.00873. The van der Waals surface area contributed by atoms with E-state index >= 15 is 0 Å². The highest BCUT2D eigenvalue weighted by atomic mass is 16.4. The number of carbonyl (C=O) groups excluding carboxylic acids is 1. The summed E-state index contributed by atoms with van der Waals surface area (Å²) in [5, 5.41) is 12.1. The van der Waals surface area contributed by atoms with E-state index in [0.717, 1.165) is 12.8 Å². The number of carboxylic acids is 1. The largest absolute Gasteiger partial charge is 0.481 e. The molecular weight excluding hydrogens is 230 g/mol. The Hall–Kier alpha value is -1.06. The topological polar surface area (TPSA) is 66.4 Å². The Kier molecular flexibility index (Phi) is 5.63. The molecule has 1 fully saturated rings. The van der Waals surface area contributed by atoms with Gasteiger partial charge in [-0.2, -0.15) is 0 Å². The smallest absolute Gasteiger partial charge is 0.311 e. The maximum absolute atomic E-state index is 11.8. The average Bonchev–Trinajstić information content (AvgIpc) is 2.83. The van der Waals surface area contributed by atoms with Crippen LogP contribution in [0.5, 0.6) is 0 Å². The lowest BCUT2D eigenvalue weighted by Crippen LogP contribution is -2.42. The molecule has 0 heterocycles. The molecule has 0 spiro atoms. The molecule has 4 nitrogen and oxygen atoms in total. The molecule has 4 heteroatoms. The van der Waals surface area contributed by atoms with Gasteiger partial charge in [0.1, 0.15) is 0 Å². The molecule has 1 amide bonds. The van der Waals surface area contributed by atoms with E-state index in [4.69, 9.17) is 0 Å². The van der Waals surface area contributed by atoms with Crippen LogP contribution in [0.2, 0.25) is 0 Å². The summed E-state index contributed by atoms with van der Waals surface area (Å²) < 4.78 is 0. The standard InChI is InChI=1S/C14H25NO3/c1-3-14(4-2,13(17)18)10-15-12(16)9-11-7-5-6-8-11/h11H,3-10H2,1-2H3,(H,15,16)(H,17,18). The van der Waals surface area contributed by atoms with E-state index in [1.807, 2.05) is 13.8 Å².